The summed E-state index contributed by atoms with van der Waals surface area (Å²) in [7, 11) is 0. The van der Waals surface area contributed by atoms with Crippen LogP contribution in [0.15, 0.2) is 53.9 Å². The van der Waals surface area contributed by atoms with Gasteiger partial charge in [-0.1, -0.05) is 61.7 Å². The molecule has 7 nitrogen and oxygen atoms in total. The average Bonchev–Trinajstić information content (AvgIpc) is 3.31. The van der Waals surface area contributed by atoms with E-state index in [4.69, 9.17) is 0 Å². The molecule has 2 aromatic carbocycles. The van der Waals surface area contributed by atoms with E-state index in [1.165, 1.54) is 49.0 Å². The molecule has 0 aliphatic heterocycles. The number of aromatic nitrogens is 1. The summed E-state index contributed by atoms with van der Waals surface area (Å²) in [5, 5.41) is 21.4. The van der Waals surface area contributed by atoms with Gasteiger partial charge in [-0.05, 0) is 36.0 Å². The molecular formula is C24H28N4O3S. The summed E-state index contributed by atoms with van der Waals surface area (Å²) in [6, 6.07) is 14.8. The summed E-state index contributed by atoms with van der Waals surface area (Å²) in [6.45, 7) is 0. The van der Waals surface area contributed by atoms with Crippen LogP contribution in [-0.4, -0.2) is 27.3 Å². The van der Waals surface area contributed by atoms with Crippen LogP contribution in [0, 0.1) is 0 Å². The normalized spacial score (nSPS) is 15.3. The molecule has 5 N–H and O–H groups in total. The first kappa shape index (κ1) is 22.3. The van der Waals surface area contributed by atoms with Gasteiger partial charge in [-0.15, -0.1) is 11.3 Å². The zero-order chi connectivity index (χ0) is 22.3. The number of para-hydroxylation sites is 1. The number of hydrogen-bond acceptors (Lipinski definition) is 7. The van der Waals surface area contributed by atoms with Crippen LogP contribution in [-0.2, 0) is 11.2 Å². The molecule has 1 aliphatic carbocycles. The van der Waals surface area contributed by atoms with Crippen LogP contribution in [0.25, 0.3) is 11.3 Å². The van der Waals surface area contributed by atoms with Crippen LogP contribution >= 0.6 is 11.3 Å². The number of hydrazine groups is 1. The summed E-state index contributed by atoms with van der Waals surface area (Å²) in [4.78, 5) is 16.3. The number of carboxylic acid groups (broad SMARTS) is 1. The van der Waals surface area contributed by atoms with E-state index in [0.29, 0.717) is 22.3 Å². The Kier molecular flexibility index (Phi) is 7.36. The summed E-state index contributed by atoms with van der Waals surface area (Å²) >= 11 is 1.41. The molecule has 0 saturated heterocycles. The van der Waals surface area contributed by atoms with Gasteiger partial charge in [0.1, 0.15) is 6.04 Å². The number of hydrogen-bond donors (Lipinski definition) is 5. The molecule has 1 unspecified atom stereocenters. The molecule has 1 aromatic heterocycles. The van der Waals surface area contributed by atoms with Crippen molar-refractivity contribution in [2.45, 2.75) is 50.5 Å². The summed E-state index contributed by atoms with van der Waals surface area (Å²) in [5.74, 6) is -0.325. The van der Waals surface area contributed by atoms with Crippen molar-refractivity contribution in [3.63, 3.8) is 0 Å². The predicted octanol–water partition coefficient (Wildman–Crippen LogP) is 5.27. The van der Waals surface area contributed by atoms with Crippen molar-refractivity contribution in [3.8, 4) is 11.3 Å². The number of anilines is 2. The second-order valence-corrected chi connectivity index (χ2v) is 8.99. The number of rotatable bonds is 9. The molecule has 32 heavy (non-hydrogen) atoms. The molecule has 1 saturated carbocycles. The minimum Gasteiger partial charge on any atom is -0.480 e. The van der Waals surface area contributed by atoms with Crippen molar-refractivity contribution < 1.29 is 15.1 Å². The molecule has 0 radical (unpaired) electrons. The number of carboxylic acids is 1. The second kappa shape index (κ2) is 10.6. The quantitative estimate of drug-likeness (QED) is 0.282. The monoisotopic (exact) mass is 452 g/mol. The van der Waals surface area contributed by atoms with Gasteiger partial charge in [0.05, 0.1) is 11.4 Å². The van der Waals surface area contributed by atoms with Crippen molar-refractivity contribution >= 4 is 28.1 Å². The Morgan fingerprint density at radius 1 is 1.09 bits per heavy atom. The summed E-state index contributed by atoms with van der Waals surface area (Å²) in [6.07, 6.45) is 6.73. The standard InChI is InChI=1S/C24H28N4O3S/c29-23(30)21(14-19-8-4-5-9-20(19)28-31)26-27-24-25-22(15-32-24)18-12-10-17(11-13-18)16-6-2-1-3-7-16/h4-5,8-13,15-16,21,26,28,31H,1-3,6-7,14H2,(H,25,27)(H,29,30). The highest BCUT2D eigenvalue weighted by atomic mass is 32.1. The fourth-order valence-corrected chi connectivity index (χ4v) is 4.88. The third-order valence-electron chi connectivity index (χ3n) is 6.00. The van der Waals surface area contributed by atoms with Crippen LogP contribution in [0.4, 0.5) is 10.8 Å². The highest BCUT2D eigenvalue weighted by molar-refractivity contribution is 7.14. The smallest absolute Gasteiger partial charge is 0.322 e. The number of aliphatic carboxylic acids is 1. The van der Waals surface area contributed by atoms with E-state index in [9.17, 15) is 15.1 Å². The lowest BCUT2D eigenvalue weighted by Crippen LogP contribution is -2.42. The van der Waals surface area contributed by atoms with Crippen LogP contribution < -0.4 is 16.3 Å². The fourth-order valence-electron chi connectivity index (χ4n) is 4.20. The van der Waals surface area contributed by atoms with Crippen molar-refractivity contribution in [2.24, 2.45) is 0 Å². The van der Waals surface area contributed by atoms with E-state index in [-0.39, 0.29) is 6.42 Å². The van der Waals surface area contributed by atoms with Gasteiger partial charge >= 0.3 is 5.97 Å². The molecule has 3 aromatic rings. The fraction of sp³-hybridized carbons (Fsp3) is 0.333. The molecule has 0 spiro atoms. The van der Waals surface area contributed by atoms with Gasteiger partial charge in [0.15, 0.2) is 5.13 Å². The summed E-state index contributed by atoms with van der Waals surface area (Å²) < 4.78 is 0. The number of carbonyl (C=O) groups is 1. The molecule has 1 heterocycles. The van der Waals surface area contributed by atoms with Gasteiger partial charge < -0.3 is 5.11 Å². The van der Waals surface area contributed by atoms with Gasteiger partial charge in [0.2, 0.25) is 0 Å². The first-order valence-electron chi connectivity index (χ1n) is 10.9. The van der Waals surface area contributed by atoms with Crippen molar-refractivity contribution in [1.29, 1.82) is 0 Å². The third kappa shape index (κ3) is 5.45. The largest absolute Gasteiger partial charge is 0.480 e. The van der Waals surface area contributed by atoms with Crippen LogP contribution in [0.2, 0.25) is 0 Å². The maximum absolute atomic E-state index is 11.7. The maximum Gasteiger partial charge on any atom is 0.322 e. The lowest BCUT2D eigenvalue weighted by Gasteiger charge is -2.22. The zero-order valence-corrected chi connectivity index (χ0v) is 18.6. The van der Waals surface area contributed by atoms with E-state index >= 15 is 0 Å². The number of nitrogens with one attached hydrogen (secondary N) is 3. The minimum atomic E-state index is -1.000. The number of benzene rings is 2. The van der Waals surface area contributed by atoms with Crippen molar-refractivity contribution in [3.05, 3.63) is 65.0 Å². The summed E-state index contributed by atoms with van der Waals surface area (Å²) in [5.41, 5.74) is 12.4. The first-order chi connectivity index (χ1) is 15.6. The Balaban J connectivity index is 1.38. The van der Waals surface area contributed by atoms with E-state index in [0.717, 1.165) is 11.3 Å². The highest BCUT2D eigenvalue weighted by Gasteiger charge is 2.20. The van der Waals surface area contributed by atoms with E-state index in [1.54, 1.807) is 24.3 Å². The van der Waals surface area contributed by atoms with Crippen LogP contribution in [0.5, 0.6) is 0 Å². The van der Waals surface area contributed by atoms with Gasteiger partial charge in [0.25, 0.3) is 0 Å². The molecule has 1 aliphatic rings. The third-order valence-corrected chi connectivity index (χ3v) is 6.76. The zero-order valence-electron chi connectivity index (χ0n) is 17.8. The first-order valence-corrected chi connectivity index (χ1v) is 11.8. The lowest BCUT2D eigenvalue weighted by molar-refractivity contribution is -0.139. The number of thiazole rings is 1. The Bertz CT molecular complexity index is 1030. The molecule has 0 bridgehead atoms. The van der Waals surface area contributed by atoms with Crippen molar-refractivity contribution in [1.82, 2.24) is 10.4 Å². The molecular weight excluding hydrogens is 424 g/mol. The Labute approximate surface area is 191 Å². The second-order valence-electron chi connectivity index (χ2n) is 8.13. The number of nitrogens with zero attached hydrogens (tertiary/aromatic N) is 1. The van der Waals surface area contributed by atoms with Crippen LogP contribution in [0.1, 0.15) is 49.1 Å². The Morgan fingerprint density at radius 3 is 2.56 bits per heavy atom. The Morgan fingerprint density at radius 2 is 1.84 bits per heavy atom. The minimum absolute atomic E-state index is 0.187. The van der Waals surface area contributed by atoms with E-state index in [2.05, 4.69) is 45.6 Å². The molecule has 1 fully saturated rings. The topological polar surface area (TPSA) is 107 Å². The van der Waals surface area contributed by atoms with Crippen molar-refractivity contribution in [2.75, 3.05) is 10.9 Å². The SMILES string of the molecule is O=C(O)C(Cc1ccccc1NO)NNc1nc(-c2ccc(C3CCCCC3)cc2)cs1. The van der Waals surface area contributed by atoms with Gasteiger partial charge in [-0.3, -0.25) is 20.9 Å². The molecule has 1 atom stereocenters. The molecule has 4 rings (SSSR count). The van der Waals surface area contributed by atoms with Gasteiger partial charge in [-0.25, -0.2) is 10.4 Å². The Hall–Kier alpha value is -2.94. The predicted molar refractivity (Wildman–Crippen MR) is 127 cm³/mol. The molecule has 8 heteroatoms. The highest BCUT2D eigenvalue weighted by Crippen LogP contribution is 2.34. The van der Waals surface area contributed by atoms with E-state index < -0.39 is 12.0 Å². The molecule has 0 amide bonds. The lowest BCUT2D eigenvalue weighted by atomic mass is 9.84. The van der Waals surface area contributed by atoms with E-state index in [1.807, 2.05) is 5.38 Å². The van der Waals surface area contributed by atoms with Crippen LogP contribution in [0.3, 0.4) is 0 Å². The maximum atomic E-state index is 11.7. The molecule has 168 valence electrons. The van der Waals surface area contributed by atoms with Gasteiger partial charge in [-0.2, -0.15) is 0 Å². The van der Waals surface area contributed by atoms with Gasteiger partial charge in [0, 0.05) is 17.4 Å². The average molecular weight is 453 g/mol.